The van der Waals surface area contributed by atoms with Crippen LogP contribution in [0.3, 0.4) is 0 Å². The number of aliphatic carboxylic acids is 1. The Kier molecular flexibility index (Phi) is 7.83. The molecule has 1 N–H and O–H groups in total. The lowest BCUT2D eigenvalue weighted by atomic mass is 10.2. The summed E-state index contributed by atoms with van der Waals surface area (Å²) < 4.78 is 55.8. The van der Waals surface area contributed by atoms with E-state index in [9.17, 15) is 26.4 Å². The molecule has 0 atom stereocenters. The summed E-state index contributed by atoms with van der Waals surface area (Å²) in [6.45, 7) is 0.120. The lowest BCUT2D eigenvalue weighted by molar-refractivity contribution is -0.137. The SMILES string of the molecule is CS(=O)(=O)c1nnc(CCN(CCc2nnc(S(C)(=O)=O)o2)C(=O)CCCC(=O)O)o1. The molecule has 0 saturated carbocycles. The molecule has 172 valence electrons. The van der Waals surface area contributed by atoms with Gasteiger partial charge in [-0.15, -0.1) is 10.2 Å². The number of hydrogen-bond donors (Lipinski definition) is 1. The van der Waals surface area contributed by atoms with Crippen molar-refractivity contribution in [3.63, 3.8) is 0 Å². The van der Waals surface area contributed by atoms with Crippen molar-refractivity contribution in [3.05, 3.63) is 11.8 Å². The van der Waals surface area contributed by atoms with Gasteiger partial charge in [-0.3, -0.25) is 9.59 Å². The number of carbonyl (C=O) groups excluding carboxylic acids is 1. The van der Waals surface area contributed by atoms with Crippen molar-refractivity contribution in [2.45, 2.75) is 42.5 Å². The number of carboxylic acid groups (broad SMARTS) is 1. The molecule has 2 rings (SSSR count). The number of hydrogen-bond acceptors (Lipinski definition) is 12. The summed E-state index contributed by atoms with van der Waals surface area (Å²) in [6, 6.07) is 0. The Balaban J connectivity index is 2.04. The highest BCUT2D eigenvalue weighted by Gasteiger charge is 2.21. The first-order valence-corrected chi connectivity index (χ1v) is 12.7. The summed E-state index contributed by atoms with van der Waals surface area (Å²) in [5.74, 6) is -1.40. The average molecular weight is 479 g/mol. The number of rotatable bonds is 12. The first-order chi connectivity index (χ1) is 14.4. The van der Waals surface area contributed by atoms with Crippen molar-refractivity contribution < 1.29 is 40.4 Å². The third-order valence-corrected chi connectivity index (χ3v) is 5.45. The number of carbonyl (C=O) groups is 2. The van der Waals surface area contributed by atoms with Crippen molar-refractivity contribution in [2.75, 3.05) is 25.6 Å². The van der Waals surface area contributed by atoms with E-state index in [0.717, 1.165) is 12.5 Å². The standard InChI is InChI=1S/C15H21N5O9S2/c1-30(24,25)14-18-16-10(28-14)6-8-20(12(21)4-3-5-13(22)23)9-7-11-17-19-15(29-11)31(2,26)27/h3-9H2,1-2H3,(H,22,23). The van der Waals surface area contributed by atoms with Gasteiger partial charge in [-0.1, -0.05) is 10.2 Å². The Hall–Kier alpha value is -2.88. The van der Waals surface area contributed by atoms with Crippen LogP contribution in [0.4, 0.5) is 0 Å². The van der Waals surface area contributed by atoms with Crippen LogP contribution in [0, 0.1) is 0 Å². The zero-order valence-corrected chi connectivity index (χ0v) is 18.3. The van der Waals surface area contributed by atoms with Crippen molar-refractivity contribution in [1.82, 2.24) is 25.3 Å². The van der Waals surface area contributed by atoms with Crippen LogP contribution in [-0.4, -0.2) is 84.7 Å². The number of amides is 1. The summed E-state index contributed by atoms with van der Waals surface area (Å²) in [5, 5.41) is 21.8. The van der Waals surface area contributed by atoms with E-state index in [1.165, 1.54) is 4.90 Å². The topological polar surface area (TPSA) is 204 Å². The maximum atomic E-state index is 12.5. The Morgan fingerprint density at radius 3 is 1.65 bits per heavy atom. The minimum absolute atomic E-state index is 0.000846. The van der Waals surface area contributed by atoms with Gasteiger partial charge in [0.2, 0.25) is 37.4 Å². The van der Waals surface area contributed by atoms with Crippen LogP contribution in [0.5, 0.6) is 0 Å². The molecule has 0 spiro atoms. The van der Waals surface area contributed by atoms with Crippen molar-refractivity contribution in [3.8, 4) is 0 Å². The third kappa shape index (κ3) is 7.71. The predicted octanol–water partition coefficient (Wildman–Crippen LogP) is -0.872. The van der Waals surface area contributed by atoms with Gasteiger partial charge >= 0.3 is 16.4 Å². The van der Waals surface area contributed by atoms with E-state index in [4.69, 9.17) is 13.9 Å². The van der Waals surface area contributed by atoms with E-state index in [1.807, 2.05) is 0 Å². The molecule has 0 unspecified atom stereocenters. The van der Waals surface area contributed by atoms with Crippen molar-refractivity contribution in [2.24, 2.45) is 0 Å². The molecule has 0 saturated heterocycles. The molecule has 31 heavy (non-hydrogen) atoms. The monoisotopic (exact) mass is 479 g/mol. The number of carboxylic acids is 1. The minimum Gasteiger partial charge on any atom is -0.481 e. The fourth-order valence-corrected chi connectivity index (χ4v) is 3.22. The summed E-state index contributed by atoms with van der Waals surface area (Å²) in [5.41, 5.74) is 0. The first kappa shape index (κ1) is 24.4. The smallest absolute Gasteiger partial charge is 0.335 e. The summed E-state index contributed by atoms with van der Waals surface area (Å²) in [6.07, 6.45) is 1.83. The zero-order valence-electron chi connectivity index (χ0n) is 16.7. The van der Waals surface area contributed by atoms with Gasteiger partial charge in [0, 0.05) is 51.3 Å². The molecule has 16 heteroatoms. The average Bonchev–Trinajstić information content (AvgIpc) is 3.30. The first-order valence-electron chi connectivity index (χ1n) is 8.90. The van der Waals surface area contributed by atoms with Crippen molar-refractivity contribution >= 4 is 31.6 Å². The Labute approximate surface area is 177 Å². The van der Waals surface area contributed by atoms with Crippen LogP contribution in [0.2, 0.25) is 0 Å². The summed E-state index contributed by atoms with van der Waals surface area (Å²) in [4.78, 5) is 24.5. The van der Waals surface area contributed by atoms with Crippen LogP contribution in [0.1, 0.15) is 31.0 Å². The van der Waals surface area contributed by atoms with Gasteiger partial charge < -0.3 is 18.8 Å². The molecular weight excluding hydrogens is 458 g/mol. The van der Waals surface area contributed by atoms with Crippen LogP contribution in [0.25, 0.3) is 0 Å². The molecule has 0 aliphatic rings. The lowest BCUT2D eigenvalue weighted by Gasteiger charge is -2.21. The van der Waals surface area contributed by atoms with Gasteiger partial charge in [0.25, 0.3) is 0 Å². The largest absolute Gasteiger partial charge is 0.481 e. The maximum absolute atomic E-state index is 12.5. The molecule has 0 aromatic carbocycles. The second kappa shape index (κ2) is 9.95. The molecule has 14 nitrogen and oxygen atoms in total. The van der Waals surface area contributed by atoms with Gasteiger partial charge in [-0.2, -0.15) is 0 Å². The molecule has 1 amide bonds. The van der Waals surface area contributed by atoms with E-state index in [-0.39, 0.29) is 62.9 Å². The lowest BCUT2D eigenvalue weighted by Crippen LogP contribution is -2.34. The Morgan fingerprint density at radius 2 is 1.29 bits per heavy atom. The van der Waals surface area contributed by atoms with Gasteiger partial charge in [-0.25, -0.2) is 16.8 Å². The number of aromatic nitrogens is 4. The molecule has 2 heterocycles. The van der Waals surface area contributed by atoms with E-state index >= 15 is 0 Å². The maximum Gasteiger partial charge on any atom is 0.335 e. The molecular formula is C15H21N5O9S2. The summed E-state index contributed by atoms with van der Waals surface area (Å²) >= 11 is 0. The Morgan fingerprint density at radius 1 is 0.839 bits per heavy atom. The zero-order chi connectivity index (χ0) is 23.2. The summed E-state index contributed by atoms with van der Waals surface area (Å²) in [7, 11) is -7.33. The molecule has 0 radical (unpaired) electrons. The van der Waals surface area contributed by atoms with Crippen molar-refractivity contribution in [1.29, 1.82) is 0 Å². The molecule has 2 aromatic heterocycles. The second-order valence-electron chi connectivity index (χ2n) is 6.60. The van der Waals surface area contributed by atoms with E-state index in [2.05, 4.69) is 20.4 Å². The molecule has 0 fully saturated rings. The highest BCUT2D eigenvalue weighted by molar-refractivity contribution is 7.90. The highest BCUT2D eigenvalue weighted by Crippen LogP contribution is 2.11. The second-order valence-corrected chi connectivity index (χ2v) is 10.4. The van der Waals surface area contributed by atoms with E-state index in [0.29, 0.717) is 0 Å². The van der Waals surface area contributed by atoms with Gasteiger partial charge in [-0.05, 0) is 6.42 Å². The number of sulfone groups is 2. The predicted molar refractivity (Wildman–Crippen MR) is 100 cm³/mol. The normalized spacial score (nSPS) is 12.1. The Bertz CT molecular complexity index is 1060. The van der Waals surface area contributed by atoms with Gasteiger partial charge in [0.05, 0.1) is 0 Å². The third-order valence-electron chi connectivity index (χ3n) is 3.86. The van der Waals surface area contributed by atoms with E-state index < -0.39 is 36.1 Å². The molecule has 2 aromatic rings. The van der Waals surface area contributed by atoms with E-state index in [1.54, 1.807) is 0 Å². The molecule has 0 aliphatic heterocycles. The van der Waals surface area contributed by atoms with Crippen LogP contribution in [0.15, 0.2) is 19.3 Å². The fourth-order valence-electron chi connectivity index (χ4n) is 2.35. The van der Waals surface area contributed by atoms with Crippen LogP contribution in [-0.2, 0) is 42.1 Å². The molecule has 0 bridgehead atoms. The van der Waals surface area contributed by atoms with Crippen LogP contribution < -0.4 is 0 Å². The molecule has 0 aliphatic carbocycles. The van der Waals surface area contributed by atoms with Gasteiger partial charge in [0.1, 0.15) is 0 Å². The quantitative estimate of drug-likeness (QED) is 0.393. The highest BCUT2D eigenvalue weighted by atomic mass is 32.2. The number of nitrogens with zero attached hydrogens (tertiary/aromatic N) is 5. The van der Waals surface area contributed by atoms with Gasteiger partial charge in [0.15, 0.2) is 0 Å². The van der Waals surface area contributed by atoms with Crippen LogP contribution >= 0.6 is 0 Å². The minimum atomic E-state index is -3.67. The fraction of sp³-hybridized carbons (Fsp3) is 0.600.